The van der Waals surface area contributed by atoms with Crippen molar-refractivity contribution >= 4 is 0 Å². The number of hydrogen-bond acceptors (Lipinski definition) is 3. The van der Waals surface area contributed by atoms with Crippen LogP contribution in [-0.2, 0) is 4.74 Å². The maximum atomic E-state index is 11.8. The number of hydrogen-bond donors (Lipinski definition) is 1. The van der Waals surface area contributed by atoms with E-state index in [1.54, 1.807) is 19.2 Å². The van der Waals surface area contributed by atoms with Crippen molar-refractivity contribution in [3.8, 4) is 5.75 Å². The molecule has 1 atom stereocenters. The lowest BCUT2D eigenvalue weighted by atomic mass is 10.0. The van der Waals surface area contributed by atoms with E-state index in [4.69, 9.17) is 9.47 Å². The highest BCUT2D eigenvalue weighted by atomic mass is 19.3. The topological polar surface area (TPSA) is 38.7 Å². The standard InChI is InChI=1S/C13H18F2O3/c1-9-7-10(3-4-12(9)17-2)11(16)5-6-18-8-13(14)15/h3-4,7,11,13,16H,5-6,8H2,1-2H3. The average molecular weight is 260 g/mol. The van der Waals surface area contributed by atoms with Gasteiger partial charge in [-0.3, -0.25) is 0 Å². The summed E-state index contributed by atoms with van der Waals surface area (Å²) in [6, 6.07) is 5.34. The summed E-state index contributed by atoms with van der Waals surface area (Å²) in [4.78, 5) is 0. The fourth-order valence-corrected chi connectivity index (χ4v) is 1.64. The molecular weight excluding hydrogens is 242 g/mol. The smallest absolute Gasteiger partial charge is 0.261 e. The molecule has 1 unspecified atom stereocenters. The van der Waals surface area contributed by atoms with E-state index >= 15 is 0 Å². The van der Waals surface area contributed by atoms with Crippen LogP contribution in [0.15, 0.2) is 18.2 Å². The first-order valence-corrected chi connectivity index (χ1v) is 5.73. The summed E-state index contributed by atoms with van der Waals surface area (Å²) in [5.74, 6) is 0.750. The van der Waals surface area contributed by atoms with Gasteiger partial charge in [0.05, 0.1) is 13.2 Å². The molecule has 0 aliphatic carbocycles. The maximum absolute atomic E-state index is 11.8. The average Bonchev–Trinajstić information content (AvgIpc) is 2.34. The number of ether oxygens (including phenoxy) is 2. The summed E-state index contributed by atoms with van der Waals surface area (Å²) in [6.45, 7) is 1.40. The summed E-state index contributed by atoms with van der Waals surface area (Å²) in [7, 11) is 1.58. The van der Waals surface area contributed by atoms with Gasteiger partial charge in [-0.05, 0) is 30.2 Å². The Balaban J connectivity index is 2.46. The van der Waals surface area contributed by atoms with Crippen LogP contribution in [0.5, 0.6) is 5.75 Å². The quantitative estimate of drug-likeness (QED) is 0.766. The van der Waals surface area contributed by atoms with Gasteiger partial charge in [-0.25, -0.2) is 8.78 Å². The fraction of sp³-hybridized carbons (Fsp3) is 0.538. The minimum atomic E-state index is -2.47. The lowest BCUT2D eigenvalue weighted by molar-refractivity contribution is 0.00480. The molecule has 1 aromatic rings. The highest BCUT2D eigenvalue weighted by Crippen LogP contribution is 2.24. The van der Waals surface area contributed by atoms with Gasteiger partial charge in [0, 0.05) is 13.0 Å². The summed E-state index contributed by atoms with van der Waals surface area (Å²) in [5, 5.41) is 9.87. The van der Waals surface area contributed by atoms with Crippen molar-refractivity contribution in [3.05, 3.63) is 29.3 Å². The van der Waals surface area contributed by atoms with Crippen LogP contribution in [0.25, 0.3) is 0 Å². The van der Waals surface area contributed by atoms with Gasteiger partial charge in [0.2, 0.25) is 0 Å². The van der Waals surface area contributed by atoms with Gasteiger partial charge in [0.15, 0.2) is 0 Å². The van der Waals surface area contributed by atoms with E-state index in [-0.39, 0.29) is 6.61 Å². The first kappa shape index (κ1) is 14.9. The second-order valence-electron chi connectivity index (χ2n) is 4.00. The number of aryl methyl sites for hydroxylation is 1. The Labute approximate surface area is 105 Å². The van der Waals surface area contributed by atoms with E-state index in [9.17, 15) is 13.9 Å². The largest absolute Gasteiger partial charge is 0.496 e. The summed E-state index contributed by atoms with van der Waals surface area (Å²) in [5.41, 5.74) is 1.65. The number of methoxy groups -OCH3 is 1. The third-order valence-corrected chi connectivity index (χ3v) is 2.58. The summed E-state index contributed by atoms with van der Waals surface area (Å²) >= 11 is 0. The Morgan fingerprint density at radius 2 is 2.06 bits per heavy atom. The number of rotatable bonds is 7. The third kappa shape index (κ3) is 4.58. The van der Waals surface area contributed by atoms with E-state index in [1.165, 1.54) is 0 Å². The highest BCUT2D eigenvalue weighted by Gasteiger charge is 2.10. The molecule has 0 saturated carbocycles. The predicted molar refractivity (Wildman–Crippen MR) is 64.1 cm³/mol. The molecule has 0 aliphatic heterocycles. The van der Waals surface area contributed by atoms with Crippen LogP contribution in [0.3, 0.4) is 0 Å². The minimum absolute atomic E-state index is 0.108. The second kappa shape index (κ2) is 7.28. The van der Waals surface area contributed by atoms with Gasteiger partial charge >= 0.3 is 0 Å². The van der Waals surface area contributed by atoms with Crippen molar-refractivity contribution < 1.29 is 23.4 Å². The Morgan fingerprint density at radius 1 is 1.33 bits per heavy atom. The van der Waals surface area contributed by atoms with Crippen molar-refractivity contribution in [2.75, 3.05) is 20.3 Å². The molecule has 1 N–H and O–H groups in total. The van der Waals surface area contributed by atoms with Crippen molar-refractivity contribution in [2.45, 2.75) is 25.9 Å². The van der Waals surface area contributed by atoms with Crippen LogP contribution in [0.4, 0.5) is 8.78 Å². The molecule has 0 saturated heterocycles. The molecule has 0 radical (unpaired) electrons. The molecule has 1 rings (SSSR count). The monoisotopic (exact) mass is 260 g/mol. The van der Waals surface area contributed by atoms with Crippen LogP contribution < -0.4 is 4.74 Å². The van der Waals surface area contributed by atoms with Crippen LogP contribution in [0.1, 0.15) is 23.7 Å². The van der Waals surface area contributed by atoms with Crippen LogP contribution in [0.2, 0.25) is 0 Å². The molecule has 0 fully saturated rings. The number of alkyl halides is 2. The van der Waals surface area contributed by atoms with Crippen molar-refractivity contribution in [3.63, 3.8) is 0 Å². The van der Waals surface area contributed by atoms with Gasteiger partial charge in [0.1, 0.15) is 12.4 Å². The molecule has 0 spiro atoms. The molecule has 1 aromatic carbocycles. The van der Waals surface area contributed by atoms with E-state index in [0.29, 0.717) is 6.42 Å². The van der Waals surface area contributed by atoms with Crippen LogP contribution in [0, 0.1) is 6.92 Å². The summed E-state index contributed by atoms with van der Waals surface area (Å²) < 4.78 is 33.5. The third-order valence-electron chi connectivity index (χ3n) is 2.58. The number of benzene rings is 1. The lowest BCUT2D eigenvalue weighted by Crippen LogP contribution is -2.08. The van der Waals surface area contributed by atoms with Gasteiger partial charge in [-0.15, -0.1) is 0 Å². The molecule has 18 heavy (non-hydrogen) atoms. The lowest BCUT2D eigenvalue weighted by Gasteiger charge is -2.13. The van der Waals surface area contributed by atoms with Gasteiger partial charge < -0.3 is 14.6 Å². The van der Waals surface area contributed by atoms with Gasteiger partial charge in [-0.1, -0.05) is 6.07 Å². The highest BCUT2D eigenvalue weighted by molar-refractivity contribution is 5.36. The molecule has 3 nitrogen and oxygen atoms in total. The summed E-state index contributed by atoms with van der Waals surface area (Å²) in [6.07, 6.45) is -2.89. The van der Waals surface area contributed by atoms with Gasteiger partial charge in [0.25, 0.3) is 6.43 Å². The van der Waals surface area contributed by atoms with Crippen molar-refractivity contribution in [1.29, 1.82) is 0 Å². The normalized spacial score (nSPS) is 12.8. The Kier molecular flexibility index (Phi) is 6.01. The van der Waals surface area contributed by atoms with E-state index in [0.717, 1.165) is 16.9 Å². The molecule has 0 aromatic heterocycles. The second-order valence-corrected chi connectivity index (χ2v) is 4.00. The zero-order chi connectivity index (χ0) is 13.5. The first-order valence-electron chi connectivity index (χ1n) is 5.73. The maximum Gasteiger partial charge on any atom is 0.261 e. The van der Waals surface area contributed by atoms with Gasteiger partial charge in [-0.2, -0.15) is 0 Å². The van der Waals surface area contributed by atoms with Crippen LogP contribution in [-0.4, -0.2) is 31.9 Å². The minimum Gasteiger partial charge on any atom is -0.496 e. The first-order chi connectivity index (χ1) is 8.54. The Hall–Kier alpha value is -1.20. The van der Waals surface area contributed by atoms with E-state index < -0.39 is 19.1 Å². The number of halogens is 2. The molecule has 5 heteroatoms. The van der Waals surface area contributed by atoms with Crippen molar-refractivity contribution in [2.24, 2.45) is 0 Å². The van der Waals surface area contributed by atoms with E-state index in [1.807, 2.05) is 13.0 Å². The molecule has 0 amide bonds. The Bertz CT molecular complexity index is 369. The molecule has 102 valence electrons. The molecule has 0 aliphatic rings. The number of aliphatic hydroxyl groups excluding tert-OH is 1. The van der Waals surface area contributed by atoms with Crippen molar-refractivity contribution in [1.82, 2.24) is 0 Å². The Morgan fingerprint density at radius 3 is 2.61 bits per heavy atom. The number of aliphatic hydroxyl groups is 1. The zero-order valence-corrected chi connectivity index (χ0v) is 10.5. The fourth-order valence-electron chi connectivity index (χ4n) is 1.64. The molecule has 0 heterocycles. The van der Waals surface area contributed by atoms with Crippen LogP contribution >= 0.6 is 0 Å². The zero-order valence-electron chi connectivity index (χ0n) is 10.5. The van der Waals surface area contributed by atoms with E-state index in [2.05, 4.69) is 0 Å². The predicted octanol–water partition coefficient (Wildman–Crippen LogP) is 2.71. The molecule has 0 bridgehead atoms. The SMILES string of the molecule is COc1ccc(C(O)CCOCC(F)F)cc1C. The molecular formula is C13H18F2O3.